The Labute approximate surface area is 99.0 Å². The van der Waals surface area contributed by atoms with E-state index in [1.54, 1.807) is 0 Å². The fourth-order valence-electron chi connectivity index (χ4n) is 1.36. The van der Waals surface area contributed by atoms with Crippen LogP contribution in [0.1, 0.15) is 5.69 Å². The van der Waals surface area contributed by atoms with Crippen LogP contribution in [0, 0.1) is 5.82 Å². The Morgan fingerprint density at radius 2 is 1.94 bits per heavy atom. The average Bonchev–Trinajstić information content (AvgIpc) is 2.77. The van der Waals surface area contributed by atoms with Gasteiger partial charge in [-0.3, -0.25) is 0 Å². The first-order valence-corrected chi connectivity index (χ1v) is 4.79. The molecule has 3 nitrogen and oxygen atoms in total. The van der Waals surface area contributed by atoms with Gasteiger partial charge in [-0.25, -0.2) is 4.39 Å². The van der Waals surface area contributed by atoms with Gasteiger partial charge < -0.3 is 9.26 Å². The number of benzene rings is 1. The fourth-order valence-corrected chi connectivity index (χ4v) is 1.36. The predicted octanol–water partition coefficient (Wildman–Crippen LogP) is 3.51. The van der Waals surface area contributed by atoms with Crippen molar-refractivity contribution in [2.24, 2.45) is 0 Å². The Hall–Kier alpha value is -2.05. The molecule has 1 heterocycles. The maximum absolute atomic E-state index is 13.4. The minimum Gasteiger partial charge on any atom is -0.494 e. The molecule has 0 atom stereocenters. The highest BCUT2D eigenvalue weighted by molar-refractivity contribution is 5.59. The molecule has 0 aliphatic heterocycles. The van der Waals surface area contributed by atoms with Gasteiger partial charge in [0.15, 0.2) is 23.0 Å². The van der Waals surface area contributed by atoms with E-state index in [1.807, 2.05) is 0 Å². The van der Waals surface area contributed by atoms with E-state index in [2.05, 4.69) is 9.68 Å². The Morgan fingerprint density at radius 1 is 1.22 bits per heavy atom. The van der Waals surface area contributed by atoms with Gasteiger partial charge in [0.25, 0.3) is 0 Å². The highest BCUT2D eigenvalue weighted by Gasteiger charge is 2.35. The molecule has 1 aromatic heterocycles. The molecule has 18 heavy (non-hydrogen) atoms. The van der Waals surface area contributed by atoms with Gasteiger partial charge in [0.05, 0.1) is 7.11 Å². The second-order valence-electron chi connectivity index (χ2n) is 3.42. The van der Waals surface area contributed by atoms with Crippen LogP contribution >= 0.6 is 0 Å². The molecule has 0 N–H and O–H groups in total. The van der Waals surface area contributed by atoms with Crippen LogP contribution in [0.25, 0.3) is 11.3 Å². The molecule has 7 heteroatoms. The molecular weight excluding hydrogens is 254 g/mol. The highest BCUT2D eigenvalue weighted by atomic mass is 19.4. The van der Waals surface area contributed by atoms with Crippen LogP contribution < -0.4 is 4.74 Å². The van der Waals surface area contributed by atoms with Crippen LogP contribution in [0.2, 0.25) is 0 Å². The number of aromatic nitrogens is 1. The minimum absolute atomic E-state index is 0.00527. The average molecular weight is 261 g/mol. The molecule has 0 bridgehead atoms. The van der Waals surface area contributed by atoms with Crippen molar-refractivity contribution in [1.82, 2.24) is 5.16 Å². The van der Waals surface area contributed by atoms with Gasteiger partial charge in [0, 0.05) is 11.6 Å². The molecule has 1 aromatic carbocycles. The van der Waals surface area contributed by atoms with Crippen LogP contribution in [-0.4, -0.2) is 12.3 Å². The standard InChI is InChI=1S/C11H7F4NO2/c1-17-8-3-2-6(4-7(8)12)9-5-10(16-18-9)11(13,14)15/h2-5H,1H3. The van der Waals surface area contributed by atoms with Crippen molar-refractivity contribution >= 4 is 0 Å². The Kier molecular flexibility index (Phi) is 2.98. The zero-order valence-electron chi connectivity index (χ0n) is 9.08. The van der Waals surface area contributed by atoms with Crippen LogP contribution in [0.15, 0.2) is 28.8 Å². The van der Waals surface area contributed by atoms with Crippen LogP contribution in [-0.2, 0) is 6.18 Å². The summed E-state index contributed by atoms with van der Waals surface area (Å²) in [7, 11) is 1.29. The summed E-state index contributed by atoms with van der Waals surface area (Å²) in [6, 6.07) is 4.39. The molecule has 0 amide bonds. The lowest BCUT2D eigenvalue weighted by Crippen LogP contribution is -2.04. The molecule has 0 radical (unpaired) electrons. The van der Waals surface area contributed by atoms with Crippen LogP contribution in [0.5, 0.6) is 5.75 Å². The van der Waals surface area contributed by atoms with Gasteiger partial charge in [-0.15, -0.1) is 0 Å². The van der Waals surface area contributed by atoms with Crippen molar-refractivity contribution < 1.29 is 26.8 Å². The monoisotopic (exact) mass is 261 g/mol. The molecule has 0 fully saturated rings. The van der Waals surface area contributed by atoms with Crippen molar-refractivity contribution in [3.05, 3.63) is 35.8 Å². The number of hydrogen-bond acceptors (Lipinski definition) is 3. The van der Waals surface area contributed by atoms with E-state index < -0.39 is 17.7 Å². The van der Waals surface area contributed by atoms with Gasteiger partial charge in [-0.1, -0.05) is 5.16 Å². The summed E-state index contributed by atoms with van der Waals surface area (Å²) in [4.78, 5) is 0. The first-order valence-electron chi connectivity index (χ1n) is 4.79. The van der Waals surface area contributed by atoms with E-state index in [-0.39, 0.29) is 17.1 Å². The summed E-state index contributed by atoms with van der Waals surface area (Å²) in [5.41, 5.74) is -1.01. The van der Waals surface area contributed by atoms with Crippen LogP contribution in [0.4, 0.5) is 17.6 Å². The maximum Gasteiger partial charge on any atom is 0.436 e. The molecule has 0 aliphatic rings. The molecule has 2 rings (SSSR count). The van der Waals surface area contributed by atoms with Gasteiger partial charge in [-0.2, -0.15) is 13.2 Å². The molecular formula is C11H7F4NO2. The number of halogens is 4. The lowest BCUT2D eigenvalue weighted by Gasteiger charge is -2.02. The zero-order valence-corrected chi connectivity index (χ0v) is 9.08. The quantitative estimate of drug-likeness (QED) is 0.776. The molecule has 0 spiro atoms. The summed E-state index contributed by atoms with van der Waals surface area (Å²) in [5.74, 6) is -0.863. The predicted molar refractivity (Wildman–Crippen MR) is 53.5 cm³/mol. The van der Waals surface area contributed by atoms with Crippen molar-refractivity contribution in [1.29, 1.82) is 0 Å². The van der Waals surface area contributed by atoms with Crippen LogP contribution in [0.3, 0.4) is 0 Å². The molecule has 96 valence electrons. The fraction of sp³-hybridized carbons (Fsp3) is 0.182. The van der Waals surface area contributed by atoms with E-state index in [0.29, 0.717) is 6.07 Å². The molecule has 0 aliphatic carbocycles. The van der Waals surface area contributed by atoms with Crippen molar-refractivity contribution in [2.75, 3.05) is 7.11 Å². The summed E-state index contributed by atoms with van der Waals surface area (Å²) < 4.78 is 59.5. The van der Waals surface area contributed by atoms with Gasteiger partial charge in [0.2, 0.25) is 0 Å². The SMILES string of the molecule is COc1ccc(-c2cc(C(F)(F)F)no2)cc1F. The lowest BCUT2D eigenvalue weighted by molar-refractivity contribution is -0.142. The number of alkyl halides is 3. The van der Waals surface area contributed by atoms with E-state index >= 15 is 0 Å². The summed E-state index contributed by atoms with van der Waals surface area (Å²) in [5, 5.41) is 2.88. The number of nitrogens with zero attached hydrogens (tertiary/aromatic N) is 1. The Morgan fingerprint density at radius 3 is 2.44 bits per heavy atom. The third-order valence-electron chi connectivity index (χ3n) is 2.24. The summed E-state index contributed by atoms with van der Waals surface area (Å²) >= 11 is 0. The smallest absolute Gasteiger partial charge is 0.436 e. The van der Waals surface area contributed by atoms with Crippen molar-refractivity contribution in [2.45, 2.75) is 6.18 Å². The number of methoxy groups -OCH3 is 1. The normalized spacial score (nSPS) is 11.6. The lowest BCUT2D eigenvalue weighted by atomic mass is 10.1. The minimum atomic E-state index is -4.59. The van der Waals surface area contributed by atoms with Crippen molar-refractivity contribution in [3.63, 3.8) is 0 Å². The van der Waals surface area contributed by atoms with Gasteiger partial charge in [0.1, 0.15) is 0 Å². The Bertz CT molecular complexity index is 562. The van der Waals surface area contributed by atoms with E-state index in [0.717, 1.165) is 6.07 Å². The summed E-state index contributed by atoms with van der Waals surface area (Å²) in [6.45, 7) is 0. The van der Waals surface area contributed by atoms with Crippen molar-refractivity contribution in [3.8, 4) is 17.1 Å². The van der Waals surface area contributed by atoms with E-state index in [1.165, 1.54) is 19.2 Å². The summed E-state index contributed by atoms with van der Waals surface area (Å²) in [6.07, 6.45) is -4.59. The largest absolute Gasteiger partial charge is 0.494 e. The maximum atomic E-state index is 13.4. The van der Waals surface area contributed by atoms with Gasteiger partial charge in [-0.05, 0) is 18.2 Å². The molecule has 2 aromatic rings. The third kappa shape index (κ3) is 2.29. The second kappa shape index (κ2) is 4.32. The number of ether oxygens (including phenoxy) is 1. The molecule has 0 saturated carbocycles. The third-order valence-corrected chi connectivity index (χ3v) is 2.24. The first-order chi connectivity index (χ1) is 8.41. The van der Waals surface area contributed by atoms with E-state index in [9.17, 15) is 17.6 Å². The first kappa shape index (κ1) is 12.4. The zero-order chi connectivity index (χ0) is 13.3. The van der Waals surface area contributed by atoms with Gasteiger partial charge >= 0.3 is 6.18 Å². The second-order valence-corrected chi connectivity index (χ2v) is 3.42. The topological polar surface area (TPSA) is 35.3 Å². The Balaban J connectivity index is 2.38. The van der Waals surface area contributed by atoms with E-state index in [4.69, 9.17) is 4.74 Å². The number of rotatable bonds is 2. The highest BCUT2D eigenvalue weighted by Crippen LogP contribution is 2.32. The molecule has 0 unspecified atom stereocenters. The molecule has 0 saturated heterocycles. The number of hydrogen-bond donors (Lipinski definition) is 0.